The van der Waals surface area contributed by atoms with Crippen LogP contribution in [0.5, 0.6) is 5.75 Å². The molecule has 0 unspecified atom stereocenters. The highest BCUT2D eigenvalue weighted by Crippen LogP contribution is 2.32. The van der Waals surface area contributed by atoms with Gasteiger partial charge in [-0.25, -0.2) is 0 Å². The van der Waals surface area contributed by atoms with E-state index in [-0.39, 0.29) is 29.8 Å². The van der Waals surface area contributed by atoms with E-state index < -0.39 is 17.4 Å². The predicted octanol–water partition coefficient (Wildman–Crippen LogP) is 2.22. The molecular formula is C21H25N5O4. The van der Waals surface area contributed by atoms with Gasteiger partial charge in [-0.1, -0.05) is 12.1 Å². The number of aromatic nitrogens is 2. The zero-order valence-corrected chi connectivity index (χ0v) is 17.0. The molecule has 0 bridgehead atoms. The number of fused-ring (bicyclic) bond motifs is 1. The van der Waals surface area contributed by atoms with E-state index in [9.17, 15) is 14.4 Å². The first-order valence-corrected chi connectivity index (χ1v) is 10.1. The number of anilines is 3. The van der Waals surface area contributed by atoms with Gasteiger partial charge in [0.2, 0.25) is 17.8 Å². The van der Waals surface area contributed by atoms with Crippen molar-refractivity contribution in [1.29, 1.82) is 0 Å². The van der Waals surface area contributed by atoms with Crippen molar-refractivity contribution in [2.24, 2.45) is 0 Å². The molecule has 4 rings (SSSR count). The van der Waals surface area contributed by atoms with Crippen molar-refractivity contribution in [3.05, 3.63) is 40.2 Å². The highest BCUT2D eigenvalue weighted by molar-refractivity contribution is 6.04. The number of amides is 2. The fourth-order valence-electron chi connectivity index (χ4n) is 4.10. The molecule has 2 amide bonds. The molecule has 0 aliphatic carbocycles. The van der Waals surface area contributed by atoms with Crippen LogP contribution < -0.4 is 25.8 Å². The van der Waals surface area contributed by atoms with E-state index in [2.05, 4.69) is 27.5 Å². The molecule has 2 atom stereocenters. The summed E-state index contributed by atoms with van der Waals surface area (Å²) in [6.07, 6.45) is 3.03. The number of ether oxygens (including phenoxy) is 1. The number of aromatic amines is 1. The number of hydrogen-bond donors (Lipinski definition) is 3. The molecule has 30 heavy (non-hydrogen) atoms. The van der Waals surface area contributed by atoms with Gasteiger partial charge in [-0.15, -0.1) is 0 Å². The van der Waals surface area contributed by atoms with E-state index >= 15 is 0 Å². The van der Waals surface area contributed by atoms with Gasteiger partial charge in [0.05, 0.1) is 24.3 Å². The SMILES string of the molecule is COc1ccccc1NC(=O)[C@@H]1CC(=O)Nc2nc(N3CCCC[C@H]3C)[nH]c(=O)c21. The van der Waals surface area contributed by atoms with Crippen molar-refractivity contribution in [2.45, 2.75) is 44.6 Å². The summed E-state index contributed by atoms with van der Waals surface area (Å²) in [5.74, 6) is -0.670. The molecule has 2 aliphatic rings. The number of hydrogen-bond acceptors (Lipinski definition) is 6. The summed E-state index contributed by atoms with van der Waals surface area (Å²) in [5, 5.41) is 5.43. The van der Waals surface area contributed by atoms with E-state index in [1.165, 1.54) is 7.11 Å². The first kappa shape index (κ1) is 19.9. The maximum atomic E-state index is 13.0. The first-order valence-electron chi connectivity index (χ1n) is 10.1. The van der Waals surface area contributed by atoms with Crippen LogP contribution in [-0.4, -0.2) is 41.5 Å². The molecule has 1 fully saturated rings. The van der Waals surface area contributed by atoms with E-state index in [1.807, 2.05) is 4.90 Å². The summed E-state index contributed by atoms with van der Waals surface area (Å²) < 4.78 is 5.26. The maximum Gasteiger partial charge on any atom is 0.258 e. The summed E-state index contributed by atoms with van der Waals surface area (Å²) in [7, 11) is 1.51. The lowest BCUT2D eigenvalue weighted by molar-refractivity contribution is -0.123. The minimum Gasteiger partial charge on any atom is -0.495 e. The Balaban J connectivity index is 1.67. The van der Waals surface area contributed by atoms with Crippen molar-refractivity contribution in [2.75, 3.05) is 29.2 Å². The fraction of sp³-hybridized carbons (Fsp3) is 0.429. The normalized spacial score (nSPS) is 20.9. The molecule has 9 heteroatoms. The summed E-state index contributed by atoms with van der Waals surface area (Å²) in [4.78, 5) is 47.6. The lowest BCUT2D eigenvalue weighted by Gasteiger charge is -2.34. The molecule has 3 N–H and O–H groups in total. The van der Waals surface area contributed by atoms with Crippen LogP contribution in [0.15, 0.2) is 29.1 Å². The number of benzene rings is 1. The summed E-state index contributed by atoms with van der Waals surface area (Å²) >= 11 is 0. The molecule has 0 saturated carbocycles. The van der Waals surface area contributed by atoms with Crippen LogP contribution in [0.4, 0.5) is 17.5 Å². The third-order valence-electron chi connectivity index (χ3n) is 5.69. The van der Waals surface area contributed by atoms with Gasteiger partial charge in [0.25, 0.3) is 5.56 Å². The standard InChI is InChI=1S/C21H25N5O4/c1-12-7-5-6-10-26(12)21-24-18-17(20(29)25-21)13(11-16(27)23-18)19(28)22-14-8-3-4-9-15(14)30-2/h3-4,8-9,12-13H,5-7,10-11H2,1-2H3,(H,22,28)(H2,23,24,25,27,29)/t12-,13-/m1/s1. The zero-order chi connectivity index (χ0) is 21.3. The number of nitrogens with one attached hydrogen (secondary N) is 3. The topological polar surface area (TPSA) is 116 Å². The van der Waals surface area contributed by atoms with Crippen molar-refractivity contribution >= 4 is 29.3 Å². The minimum atomic E-state index is -0.942. The first-order chi connectivity index (χ1) is 14.5. The van der Waals surface area contributed by atoms with Gasteiger partial charge in [-0.3, -0.25) is 19.4 Å². The number of piperidine rings is 1. The smallest absolute Gasteiger partial charge is 0.258 e. The molecule has 2 aromatic rings. The average molecular weight is 411 g/mol. The van der Waals surface area contributed by atoms with Crippen LogP contribution in [0.1, 0.15) is 44.1 Å². The maximum absolute atomic E-state index is 13.0. The van der Waals surface area contributed by atoms with Crippen LogP contribution >= 0.6 is 0 Å². The quantitative estimate of drug-likeness (QED) is 0.710. The van der Waals surface area contributed by atoms with Gasteiger partial charge in [0.1, 0.15) is 11.6 Å². The number of para-hydroxylation sites is 2. The summed E-state index contributed by atoms with van der Waals surface area (Å²) in [6, 6.07) is 7.21. The summed E-state index contributed by atoms with van der Waals surface area (Å²) in [5.41, 5.74) is 0.240. The largest absolute Gasteiger partial charge is 0.495 e. The minimum absolute atomic E-state index is 0.127. The van der Waals surface area contributed by atoms with E-state index in [0.29, 0.717) is 17.4 Å². The second kappa shape index (κ2) is 8.17. The Morgan fingerprint density at radius 1 is 1.27 bits per heavy atom. The highest BCUT2D eigenvalue weighted by atomic mass is 16.5. The van der Waals surface area contributed by atoms with Crippen molar-refractivity contribution < 1.29 is 14.3 Å². The number of nitrogens with zero attached hydrogens (tertiary/aromatic N) is 2. The Morgan fingerprint density at radius 3 is 2.83 bits per heavy atom. The Kier molecular flexibility index (Phi) is 5.43. The molecular weight excluding hydrogens is 386 g/mol. The number of carbonyl (C=O) groups excluding carboxylic acids is 2. The molecule has 158 valence electrons. The third-order valence-corrected chi connectivity index (χ3v) is 5.69. The second-order valence-electron chi connectivity index (χ2n) is 7.68. The van der Waals surface area contributed by atoms with E-state index in [1.54, 1.807) is 24.3 Å². The predicted molar refractivity (Wildman–Crippen MR) is 113 cm³/mol. The molecule has 9 nitrogen and oxygen atoms in total. The van der Waals surface area contributed by atoms with Gasteiger partial charge in [-0.2, -0.15) is 4.98 Å². The lowest BCUT2D eigenvalue weighted by Crippen LogP contribution is -2.42. The van der Waals surface area contributed by atoms with Crippen molar-refractivity contribution in [3.8, 4) is 5.75 Å². The molecule has 1 saturated heterocycles. The zero-order valence-electron chi connectivity index (χ0n) is 17.0. The highest BCUT2D eigenvalue weighted by Gasteiger charge is 2.35. The van der Waals surface area contributed by atoms with E-state index in [4.69, 9.17) is 4.74 Å². The Morgan fingerprint density at radius 2 is 2.07 bits per heavy atom. The average Bonchev–Trinajstić information content (AvgIpc) is 2.73. The monoisotopic (exact) mass is 411 g/mol. The molecule has 1 aromatic heterocycles. The van der Waals surface area contributed by atoms with Gasteiger partial charge in [0.15, 0.2) is 0 Å². The Bertz CT molecular complexity index is 1030. The molecule has 1 aromatic carbocycles. The second-order valence-corrected chi connectivity index (χ2v) is 7.68. The van der Waals surface area contributed by atoms with Gasteiger partial charge < -0.3 is 20.3 Å². The van der Waals surface area contributed by atoms with Crippen molar-refractivity contribution in [3.63, 3.8) is 0 Å². The van der Waals surface area contributed by atoms with Crippen LogP contribution in [0.2, 0.25) is 0 Å². The van der Waals surface area contributed by atoms with Crippen LogP contribution in [-0.2, 0) is 9.59 Å². The number of H-pyrrole nitrogens is 1. The van der Waals surface area contributed by atoms with Gasteiger partial charge in [0, 0.05) is 19.0 Å². The molecule has 0 radical (unpaired) electrons. The van der Waals surface area contributed by atoms with Crippen molar-refractivity contribution in [1.82, 2.24) is 9.97 Å². The van der Waals surface area contributed by atoms with E-state index in [0.717, 1.165) is 25.8 Å². The molecule has 2 aliphatic heterocycles. The Hall–Kier alpha value is -3.36. The molecule has 0 spiro atoms. The van der Waals surface area contributed by atoms with Crippen LogP contribution in [0.3, 0.4) is 0 Å². The van der Waals surface area contributed by atoms with Crippen LogP contribution in [0.25, 0.3) is 0 Å². The number of carbonyl (C=O) groups is 2. The number of methoxy groups -OCH3 is 1. The van der Waals surface area contributed by atoms with Crippen LogP contribution in [0, 0.1) is 0 Å². The summed E-state index contributed by atoms with van der Waals surface area (Å²) in [6.45, 7) is 2.87. The van der Waals surface area contributed by atoms with Gasteiger partial charge >= 0.3 is 0 Å². The fourth-order valence-corrected chi connectivity index (χ4v) is 4.10. The van der Waals surface area contributed by atoms with Gasteiger partial charge in [-0.05, 0) is 38.3 Å². The Labute approximate surface area is 173 Å². The third kappa shape index (κ3) is 3.74. The molecule has 3 heterocycles. The number of rotatable bonds is 4. The lowest BCUT2D eigenvalue weighted by atomic mass is 9.92.